The van der Waals surface area contributed by atoms with Crippen LogP contribution in [-0.2, 0) is 0 Å². The molecule has 2 N–H and O–H groups in total. The molecule has 150 valence electrons. The lowest BCUT2D eigenvalue weighted by atomic mass is 10.2. The van der Waals surface area contributed by atoms with Gasteiger partial charge in [0, 0.05) is 24.1 Å². The molecule has 9 heteroatoms. The van der Waals surface area contributed by atoms with Crippen LogP contribution in [0.15, 0.2) is 61.2 Å². The van der Waals surface area contributed by atoms with Crippen LogP contribution in [0.3, 0.4) is 0 Å². The van der Waals surface area contributed by atoms with Gasteiger partial charge in [0.2, 0.25) is 5.95 Å². The number of aryl methyl sites for hydroxylation is 1. The summed E-state index contributed by atoms with van der Waals surface area (Å²) in [6.07, 6.45) is 5.22. The fraction of sp³-hybridized carbons (Fsp3) is 0.0952. The predicted molar refractivity (Wildman–Crippen MR) is 110 cm³/mol. The second-order valence-electron chi connectivity index (χ2n) is 6.42. The minimum Gasteiger partial charge on any atom is -0.494 e. The quantitative estimate of drug-likeness (QED) is 0.504. The number of carbonyl (C=O) groups is 1. The van der Waals surface area contributed by atoms with Gasteiger partial charge >= 0.3 is 5.97 Å². The normalized spacial score (nSPS) is 10.6. The molecular weight excluding hydrogens is 384 g/mol. The summed E-state index contributed by atoms with van der Waals surface area (Å²) >= 11 is 0. The van der Waals surface area contributed by atoms with Gasteiger partial charge in [0.25, 0.3) is 0 Å². The average Bonchev–Trinajstić information content (AvgIpc) is 3.20. The van der Waals surface area contributed by atoms with Crippen molar-refractivity contribution in [1.82, 2.24) is 24.5 Å². The summed E-state index contributed by atoms with van der Waals surface area (Å²) in [5, 5.41) is 12.5. The SMILES string of the molecule is COc1cc(Nc2nc(C(=O)O)cc(-c3ccccn3)n2)ccc1-n1cnc(C)c1. The van der Waals surface area contributed by atoms with Crippen LogP contribution in [0.25, 0.3) is 17.1 Å². The smallest absolute Gasteiger partial charge is 0.354 e. The number of carboxylic acid groups (broad SMARTS) is 1. The van der Waals surface area contributed by atoms with E-state index in [0.717, 1.165) is 11.4 Å². The Balaban J connectivity index is 1.70. The van der Waals surface area contributed by atoms with Crippen LogP contribution in [0, 0.1) is 6.92 Å². The highest BCUT2D eigenvalue weighted by Gasteiger charge is 2.14. The molecule has 30 heavy (non-hydrogen) atoms. The Morgan fingerprint density at radius 1 is 1.10 bits per heavy atom. The summed E-state index contributed by atoms with van der Waals surface area (Å²) in [6, 6.07) is 12.2. The zero-order valence-electron chi connectivity index (χ0n) is 16.3. The van der Waals surface area contributed by atoms with Crippen molar-refractivity contribution in [2.45, 2.75) is 6.92 Å². The van der Waals surface area contributed by atoms with Gasteiger partial charge in [0.1, 0.15) is 5.75 Å². The van der Waals surface area contributed by atoms with E-state index in [1.54, 1.807) is 43.9 Å². The molecule has 0 bridgehead atoms. The number of nitrogens with zero attached hydrogens (tertiary/aromatic N) is 5. The number of methoxy groups -OCH3 is 1. The summed E-state index contributed by atoms with van der Waals surface area (Å²) in [6.45, 7) is 1.91. The van der Waals surface area contributed by atoms with E-state index >= 15 is 0 Å². The van der Waals surface area contributed by atoms with Crippen LogP contribution in [0.1, 0.15) is 16.2 Å². The largest absolute Gasteiger partial charge is 0.494 e. The number of hydrogen-bond acceptors (Lipinski definition) is 7. The standard InChI is InChI=1S/C21H18N6O3/c1-13-11-27(12-23-13)18-7-6-14(9-19(18)30-2)24-21-25-16(10-17(26-21)20(28)29)15-5-3-4-8-22-15/h3-12H,1-2H3,(H,28,29)(H,24,25,26). The van der Waals surface area contributed by atoms with E-state index in [1.165, 1.54) is 6.07 Å². The highest BCUT2D eigenvalue weighted by atomic mass is 16.5. The van der Waals surface area contributed by atoms with Gasteiger partial charge in [0.05, 0.1) is 36.2 Å². The van der Waals surface area contributed by atoms with Crippen LogP contribution in [0.4, 0.5) is 11.6 Å². The Kier molecular flexibility index (Phi) is 5.08. The van der Waals surface area contributed by atoms with Gasteiger partial charge in [-0.1, -0.05) is 6.07 Å². The molecule has 0 saturated heterocycles. The first-order valence-electron chi connectivity index (χ1n) is 9.03. The van der Waals surface area contributed by atoms with Crippen molar-refractivity contribution in [2.75, 3.05) is 12.4 Å². The number of nitrogens with one attached hydrogen (secondary N) is 1. The molecule has 0 aliphatic rings. The molecule has 0 fully saturated rings. The molecule has 1 aromatic carbocycles. The fourth-order valence-corrected chi connectivity index (χ4v) is 2.91. The van der Waals surface area contributed by atoms with Crippen molar-refractivity contribution in [3.05, 3.63) is 72.6 Å². The van der Waals surface area contributed by atoms with Crippen LogP contribution < -0.4 is 10.1 Å². The number of benzene rings is 1. The van der Waals surface area contributed by atoms with Gasteiger partial charge in [-0.3, -0.25) is 4.98 Å². The van der Waals surface area contributed by atoms with Gasteiger partial charge in [-0.25, -0.2) is 19.7 Å². The zero-order chi connectivity index (χ0) is 21.1. The molecule has 0 aliphatic heterocycles. The summed E-state index contributed by atoms with van der Waals surface area (Å²) in [7, 11) is 1.58. The van der Waals surface area contributed by atoms with Crippen LogP contribution in [0.2, 0.25) is 0 Å². The van der Waals surface area contributed by atoms with Gasteiger partial charge < -0.3 is 19.7 Å². The molecular formula is C21H18N6O3. The highest BCUT2D eigenvalue weighted by Crippen LogP contribution is 2.28. The van der Waals surface area contributed by atoms with Crippen molar-refractivity contribution in [3.63, 3.8) is 0 Å². The number of aromatic nitrogens is 5. The number of hydrogen-bond donors (Lipinski definition) is 2. The predicted octanol–water partition coefficient (Wildman–Crippen LogP) is 3.48. The molecule has 4 aromatic rings. The lowest BCUT2D eigenvalue weighted by Gasteiger charge is -2.13. The van der Waals surface area contributed by atoms with Crippen molar-refractivity contribution in [2.24, 2.45) is 0 Å². The monoisotopic (exact) mass is 402 g/mol. The average molecular weight is 402 g/mol. The van der Waals surface area contributed by atoms with Gasteiger partial charge in [-0.05, 0) is 37.3 Å². The van der Waals surface area contributed by atoms with Gasteiger partial charge in [0.15, 0.2) is 5.69 Å². The number of anilines is 2. The van der Waals surface area contributed by atoms with Crippen molar-refractivity contribution < 1.29 is 14.6 Å². The first-order chi connectivity index (χ1) is 14.5. The van der Waals surface area contributed by atoms with Gasteiger partial charge in [-0.2, -0.15) is 0 Å². The Hall–Kier alpha value is -4.27. The van der Waals surface area contributed by atoms with Crippen LogP contribution in [-0.4, -0.2) is 42.7 Å². The Labute approximate surface area is 172 Å². The third kappa shape index (κ3) is 3.95. The number of imidazole rings is 1. The molecule has 0 radical (unpaired) electrons. The molecule has 0 spiro atoms. The van der Waals surface area contributed by atoms with E-state index in [4.69, 9.17) is 4.74 Å². The minimum absolute atomic E-state index is 0.134. The molecule has 0 unspecified atom stereocenters. The van der Waals surface area contributed by atoms with E-state index in [-0.39, 0.29) is 11.6 Å². The summed E-state index contributed by atoms with van der Waals surface area (Å²) in [5.41, 5.74) is 3.17. The highest BCUT2D eigenvalue weighted by molar-refractivity contribution is 5.87. The van der Waals surface area contributed by atoms with E-state index in [2.05, 4.69) is 25.3 Å². The Bertz CT molecular complexity index is 1210. The van der Waals surface area contributed by atoms with Gasteiger partial charge in [-0.15, -0.1) is 0 Å². The van der Waals surface area contributed by atoms with E-state index < -0.39 is 5.97 Å². The second-order valence-corrected chi connectivity index (χ2v) is 6.42. The maximum atomic E-state index is 11.5. The number of rotatable bonds is 6. The van der Waals surface area contributed by atoms with E-state index in [1.807, 2.05) is 29.8 Å². The molecule has 0 aliphatic carbocycles. The molecule has 3 aromatic heterocycles. The van der Waals surface area contributed by atoms with Crippen molar-refractivity contribution in [3.8, 4) is 22.8 Å². The molecule has 9 nitrogen and oxygen atoms in total. The molecule has 0 amide bonds. The summed E-state index contributed by atoms with van der Waals surface area (Å²) in [4.78, 5) is 28.5. The maximum Gasteiger partial charge on any atom is 0.354 e. The Morgan fingerprint density at radius 2 is 1.97 bits per heavy atom. The van der Waals surface area contributed by atoms with Crippen LogP contribution >= 0.6 is 0 Å². The number of carboxylic acids is 1. The summed E-state index contributed by atoms with van der Waals surface area (Å²) in [5.74, 6) is -0.401. The second kappa shape index (κ2) is 8.00. The van der Waals surface area contributed by atoms with E-state index in [9.17, 15) is 9.90 Å². The lowest BCUT2D eigenvalue weighted by molar-refractivity contribution is 0.0690. The maximum absolute atomic E-state index is 11.5. The lowest BCUT2D eigenvalue weighted by Crippen LogP contribution is -2.07. The number of aromatic carboxylic acids is 1. The molecule has 4 rings (SSSR count). The topological polar surface area (TPSA) is 115 Å². The minimum atomic E-state index is -1.15. The molecule has 0 atom stereocenters. The molecule has 3 heterocycles. The third-order valence-corrected chi connectivity index (χ3v) is 4.30. The first-order valence-corrected chi connectivity index (χ1v) is 9.03. The number of ether oxygens (including phenoxy) is 1. The number of pyridine rings is 1. The Morgan fingerprint density at radius 3 is 2.63 bits per heavy atom. The van der Waals surface area contributed by atoms with Crippen molar-refractivity contribution in [1.29, 1.82) is 0 Å². The van der Waals surface area contributed by atoms with Crippen LogP contribution in [0.5, 0.6) is 5.75 Å². The molecule has 0 saturated carbocycles. The third-order valence-electron chi connectivity index (χ3n) is 4.30. The van der Waals surface area contributed by atoms with Crippen molar-refractivity contribution >= 4 is 17.6 Å². The fourth-order valence-electron chi connectivity index (χ4n) is 2.91. The summed E-state index contributed by atoms with van der Waals surface area (Å²) < 4.78 is 7.37. The first kappa shape index (κ1) is 19.1. The van der Waals surface area contributed by atoms with E-state index in [0.29, 0.717) is 22.8 Å². The zero-order valence-corrected chi connectivity index (χ0v) is 16.3.